The molecule has 1 unspecified atom stereocenters. The topological polar surface area (TPSA) is 55.1 Å². The second-order valence-corrected chi connectivity index (χ2v) is 5.26. The molecule has 0 saturated carbocycles. The van der Waals surface area contributed by atoms with Crippen LogP contribution in [-0.2, 0) is 10.3 Å². The predicted octanol–water partition coefficient (Wildman–Crippen LogP) is 2.95. The van der Waals surface area contributed by atoms with E-state index in [0.29, 0.717) is 13.0 Å². The van der Waals surface area contributed by atoms with Gasteiger partial charge in [0.05, 0.1) is 5.54 Å². The van der Waals surface area contributed by atoms with Gasteiger partial charge in [-0.1, -0.05) is 56.5 Å². The van der Waals surface area contributed by atoms with Gasteiger partial charge >= 0.3 is 0 Å². The zero-order chi connectivity index (χ0) is 14.1. The molecule has 3 N–H and O–H groups in total. The number of carbonyl (C=O) groups excluding carboxylic acids is 1. The van der Waals surface area contributed by atoms with Crippen LogP contribution in [0.4, 0.5) is 0 Å². The van der Waals surface area contributed by atoms with Crippen molar-refractivity contribution in [2.75, 3.05) is 6.54 Å². The summed E-state index contributed by atoms with van der Waals surface area (Å²) in [5, 5.41) is 3.07. The SMILES string of the molecule is CCCCCCC(=O)NC(C)(CN)c1ccccc1. The van der Waals surface area contributed by atoms with Crippen LogP contribution < -0.4 is 11.1 Å². The summed E-state index contributed by atoms with van der Waals surface area (Å²) >= 11 is 0. The lowest BCUT2D eigenvalue weighted by Gasteiger charge is -2.30. The van der Waals surface area contributed by atoms with Crippen LogP contribution in [0.5, 0.6) is 0 Å². The molecule has 0 spiro atoms. The first-order valence-electron chi connectivity index (χ1n) is 7.19. The van der Waals surface area contributed by atoms with E-state index in [1.807, 2.05) is 37.3 Å². The van der Waals surface area contributed by atoms with Crippen molar-refractivity contribution in [3.8, 4) is 0 Å². The van der Waals surface area contributed by atoms with Gasteiger partial charge in [0.1, 0.15) is 0 Å². The Balaban J connectivity index is 2.54. The van der Waals surface area contributed by atoms with Crippen molar-refractivity contribution in [2.24, 2.45) is 5.73 Å². The van der Waals surface area contributed by atoms with Crippen LogP contribution in [0, 0.1) is 0 Å². The lowest BCUT2D eigenvalue weighted by atomic mass is 9.92. The Morgan fingerprint density at radius 1 is 1.21 bits per heavy atom. The average Bonchev–Trinajstić information content (AvgIpc) is 2.44. The van der Waals surface area contributed by atoms with Crippen molar-refractivity contribution in [3.63, 3.8) is 0 Å². The second-order valence-electron chi connectivity index (χ2n) is 5.26. The Labute approximate surface area is 116 Å². The molecule has 19 heavy (non-hydrogen) atoms. The van der Waals surface area contributed by atoms with Gasteiger partial charge in [-0.2, -0.15) is 0 Å². The van der Waals surface area contributed by atoms with E-state index in [1.165, 1.54) is 12.8 Å². The van der Waals surface area contributed by atoms with Gasteiger partial charge < -0.3 is 11.1 Å². The van der Waals surface area contributed by atoms with Crippen LogP contribution in [0.1, 0.15) is 51.5 Å². The summed E-state index contributed by atoms with van der Waals surface area (Å²) in [5.74, 6) is 0.0907. The molecular formula is C16H26N2O. The van der Waals surface area contributed by atoms with Crippen molar-refractivity contribution in [3.05, 3.63) is 35.9 Å². The fourth-order valence-corrected chi connectivity index (χ4v) is 2.13. The highest BCUT2D eigenvalue weighted by molar-refractivity contribution is 5.77. The van der Waals surface area contributed by atoms with E-state index < -0.39 is 5.54 Å². The van der Waals surface area contributed by atoms with Crippen molar-refractivity contribution < 1.29 is 4.79 Å². The first kappa shape index (κ1) is 15.7. The number of hydrogen-bond acceptors (Lipinski definition) is 2. The summed E-state index contributed by atoms with van der Waals surface area (Å²) in [6.45, 7) is 4.55. The highest BCUT2D eigenvalue weighted by atomic mass is 16.1. The van der Waals surface area contributed by atoms with Crippen LogP contribution in [0.15, 0.2) is 30.3 Å². The van der Waals surface area contributed by atoms with Gasteiger partial charge in [0.25, 0.3) is 0 Å². The lowest BCUT2D eigenvalue weighted by molar-refractivity contribution is -0.123. The lowest BCUT2D eigenvalue weighted by Crippen LogP contribution is -2.48. The zero-order valence-corrected chi connectivity index (χ0v) is 12.1. The molecule has 1 rings (SSSR count). The zero-order valence-electron chi connectivity index (χ0n) is 12.1. The second kappa shape index (κ2) is 7.95. The minimum Gasteiger partial charge on any atom is -0.346 e. The molecule has 0 heterocycles. The Bertz CT molecular complexity index is 378. The number of nitrogens with one attached hydrogen (secondary N) is 1. The molecule has 0 bridgehead atoms. The monoisotopic (exact) mass is 262 g/mol. The standard InChI is InChI=1S/C16H26N2O/c1-3-4-5-9-12-15(19)18-16(2,13-17)14-10-7-6-8-11-14/h6-8,10-11H,3-5,9,12-13,17H2,1-2H3,(H,18,19). The van der Waals surface area contributed by atoms with Gasteiger partial charge in [-0.25, -0.2) is 0 Å². The van der Waals surface area contributed by atoms with E-state index in [4.69, 9.17) is 5.73 Å². The van der Waals surface area contributed by atoms with Crippen LogP contribution in [0.2, 0.25) is 0 Å². The molecule has 3 nitrogen and oxygen atoms in total. The van der Waals surface area contributed by atoms with E-state index in [9.17, 15) is 4.79 Å². The van der Waals surface area contributed by atoms with E-state index in [2.05, 4.69) is 12.2 Å². The quantitative estimate of drug-likeness (QED) is 0.708. The van der Waals surface area contributed by atoms with Gasteiger partial charge in [0.15, 0.2) is 0 Å². The maximum absolute atomic E-state index is 12.0. The third kappa shape index (κ3) is 5.03. The number of carbonyl (C=O) groups is 1. The average molecular weight is 262 g/mol. The van der Waals surface area contributed by atoms with E-state index in [-0.39, 0.29) is 5.91 Å². The van der Waals surface area contributed by atoms with Gasteiger partial charge in [0.2, 0.25) is 5.91 Å². The molecule has 0 aliphatic heterocycles. The third-order valence-electron chi connectivity index (χ3n) is 3.49. The highest BCUT2D eigenvalue weighted by Crippen LogP contribution is 2.19. The normalized spacial score (nSPS) is 13.8. The number of amides is 1. The van der Waals surface area contributed by atoms with E-state index >= 15 is 0 Å². The molecular weight excluding hydrogens is 236 g/mol. The molecule has 1 atom stereocenters. The van der Waals surface area contributed by atoms with Crippen LogP contribution in [-0.4, -0.2) is 12.5 Å². The Morgan fingerprint density at radius 2 is 1.89 bits per heavy atom. The molecule has 1 amide bonds. The Kier molecular flexibility index (Phi) is 6.57. The molecule has 0 aliphatic rings. The minimum atomic E-state index is -0.469. The maximum Gasteiger partial charge on any atom is 0.220 e. The molecule has 1 aromatic carbocycles. The molecule has 3 heteroatoms. The molecule has 0 saturated heterocycles. The summed E-state index contributed by atoms with van der Waals surface area (Å²) in [6.07, 6.45) is 5.04. The van der Waals surface area contributed by atoms with Crippen LogP contribution >= 0.6 is 0 Å². The summed E-state index contributed by atoms with van der Waals surface area (Å²) < 4.78 is 0. The van der Waals surface area contributed by atoms with Gasteiger partial charge in [0, 0.05) is 13.0 Å². The number of unbranched alkanes of at least 4 members (excludes halogenated alkanes) is 3. The Morgan fingerprint density at radius 3 is 2.47 bits per heavy atom. The molecule has 0 radical (unpaired) electrons. The van der Waals surface area contributed by atoms with Crippen molar-refractivity contribution >= 4 is 5.91 Å². The molecule has 0 aromatic heterocycles. The smallest absolute Gasteiger partial charge is 0.220 e. The van der Waals surface area contributed by atoms with Gasteiger partial charge in [-0.15, -0.1) is 0 Å². The first-order valence-corrected chi connectivity index (χ1v) is 7.19. The largest absolute Gasteiger partial charge is 0.346 e. The maximum atomic E-state index is 12.0. The molecule has 0 fully saturated rings. The highest BCUT2D eigenvalue weighted by Gasteiger charge is 2.26. The third-order valence-corrected chi connectivity index (χ3v) is 3.49. The van der Waals surface area contributed by atoms with Crippen LogP contribution in [0.25, 0.3) is 0 Å². The van der Waals surface area contributed by atoms with E-state index in [0.717, 1.165) is 18.4 Å². The van der Waals surface area contributed by atoms with E-state index in [1.54, 1.807) is 0 Å². The minimum absolute atomic E-state index is 0.0907. The fourth-order valence-electron chi connectivity index (χ4n) is 2.13. The molecule has 106 valence electrons. The fraction of sp³-hybridized carbons (Fsp3) is 0.562. The Hall–Kier alpha value is -1.35. The summed E-state index contributed by atoms with van der Waals surface area (Å²) in [5.41, 5.74) is 6.43. The van der Waals surface area contributed by atoms with Gasteiger partial charge in [-0.05, 0) is 18.9 Å². The number of benzene rings is 1. The summed E-state index contributed by atoms with van der Waals surface area (Å²) in [7, 11) is 0. The predicted molar refractivity (Wildman–Crippen MR) is 79.8 cm³/mol. The molecule has 0 aliphatic carbocycles. The summed E-state index contributed by atoms with van der Waals surface area (Å²) in [6, 6.07) is 9.91. The van der Waals surface area contributed by atoms with Crippen molar-refractivity contribution in [1.29, 1.82) is 0 Å². The summed E-state index contributed by atoms with van der Waals surface area (Å²) in [4.78, 5) is 12.0. The number of nitrogens with two attached hydrogens (primary N) is 1. The first-order chi connectivity index (χ1) is 9.12. The van der Waals surface area contributed by atoms with Crippen LogP contribution in [0.3, 0.4) is 0 Å². The number of hydrogen-bond donors (Lipinski definition) is 2. The van der Waals surface area contributed by atoms with Crippen molar-refractivity contribution in [1.82, 2.24) is 5.32 Å². The number of rotatable bonds is 8. The van der Waals surface area contributed by atoms with Gasteiger partial charge in [-0.3, -0.25) is 4.79 Å². The molecule has 1 aromatic rings. The van der Waals surface area contributed by atoms with Crippen molar-refractivity contribution in [2.45, 2.75) is 51.5 Å².